The van der Waals surface area contributed by atoms with Crippen LogP contribution in [0.3, 0.4) is 0 Å². The number of hydrogen-bond acceptors (Lipinski definition) is 4. The van der Waals surface area contributed by atoms with Crippen molar-refractivity contribution in [3.8, 4) is 11.4 Å². The minimum absolute atomic E-state index is 0.0941. The molecule has 2 aromatic carbocycles. The van der Waals surface area contributed by atoms with E-state index in [4.69, 9.17) is 9.72 Å². The Hall–Kier alpha value is -3.15. The van der Waals surface area contributed by atoms with Crippen molar-refractivity contribution in [3.63, 3.8) is 0 Å². The Morgan fingerprint density at radius 2 is 1.67 bits per heavy atom. The molecule has 1 amide bonds. The van der Waals surface area contributed by atoms with Crippen molar-refractivity contribution in [1.29, 1.82) is 0 Å². The normalized spacial score (nSPS) is 13.6. The van der Waals surface area contributed by atoms with E-state index in [2.05, 4.69) is 41.5 Å². The highest BCUT2D eigenvalue weighted by Gasteiger charge is 2.29. The Bertz CT molecular complexity index is 1240. The minimum Gasteiger partial charge on any atom is -0.497 e. The van der Waals surface area contributed by atoms with E-state index in [-0.39, 0.29) is 34.8 Å². The minimum atomic E-state index is -0.388. The second-order valence-electron chi connectivity index (χ2n) is 11.5. The molecule has 2 atom stereocenters. The molecular weight excluding hydrogens is 450 g/mol. The predicted molar refractivity (Wildman–Crippen MR) is 147 cm³/mol. The van der Waals surface area contributed by atoms with Gasteiger partial charge in [-0.25, -0.2) is 4.98 Å². The molecule has 194 valence electrons. The van der Waals surface area contributed by atoms with E-state index in [1.54, 1.807) is 17.7 Å². The van der Waals surface area contributed by atoms with Crippen LogP contribution in [0.5, 0.6) is 5.75 Å². The van der Waals surface area contributed by atoms with Crippen LogP contribution in [-0.4, -0.2) is 34.0 Å². The van der Waals surface area contributed by atoms with Crippen LogP contribution in [0.15, 0.2) is 53.3 Å². The molecule has 0 aliphatic carbocycles. The van der Waals surface area contributed by atoms with Gasteiger partial charge in [-0.3, -0.25) is 14.2 Å². The van der Waals surface area contributed by atoms with Crippen molar-refractivity contribution < 1.29 is 9.53 Å². The molecule has 0 fully saturated rings. The smallest absolute Gasteiger partial charge is 0.266 e. The number of hydrogen-bond donors (Lipinski definition) is 0. The van der Waals surface area contributed by atoms with Gasteiger partial charge in [-0.2, -0.15) is 0 Å². The Morgan fingerprint density at radius 3 is 2.25 bits per heavy atom. The van der Waals surface area contributed by atoms with Crippen molar-refractivity contribution in [1.82, 2.24) is 14.5 Å². The highest BCUT2D eigenvalue weighted by Crippen LogP contribution is 2.29. The van der Waals surface area contributed by atoms with Gasteiger partial charge in [-0.15, -0.1) is 0 Å². The van der Waals surface area contributed by atoms with Gasteiger partial charge in [0.1, 0.15) is 11.6 Å². The summed E-state index contributed by atoms with van der Waals surface area (Å²) in [7, 11) is 1.61. The second-order valence-corrected chi connectivity index (χ2v) is 11.5. The molecule has 0 aliphatic rings. The number of para-hydroxylation sites is 1. The molecule has 0 aliphatic heterocycles. The van der Waals surface area contributed by atoms with Gasteiger partial charge in [-0.05, 0) is 67.0 Å². The number of carbonyl (C=O) groups is 1. The fourth-order valence-electron chi connectivity index (χ4n) is 4.95. The molecule has 0 N–H and O–H groups in total. The molecule has 2 unspecified atom stereocenters. The monoisotopic (exact) mass is 491 g/mol. The first-order chi connectivity index (χ1) is 16.9. The zero-order chi connectivity index (χ0) is 26.6. The summed E-state index contributed by atoms with van der Waals surface area (Å²) < 4.78 is 6.96. The molecule has 36 heavy (non-hydrogen) atoms. The van der Waals surface area contributed by atoms with Crippen molar-refractivity contribution in [3.05, 3.63) is 64.7 Å². The molecule has 0 spiro atoms. The lowest BCUT2D eigenvalue weighted by Gasteiger charge is -2.33. The SMILES string of the molecule is COc1ccc(-n2c(C(C)N(CC(C)C)C(=O)CC(C)CC(C)(C)C)nc3ccccc3c2=O)cc1. The molecule has 6 nitrogen and oxygen atoms in total. The fourth-order valence-corrected chi connectivity index (χ4v) is 4.95. The topological polar surface area (TPSA) is 64.4 Å². The van der Waals surface area contributed by atoms with Gasteiger partial charge in [0, 0.05) is 13.0 Å². The Balaban J connectivity index is 2.11. The van der Waals surface area contributed by atoms with Crippen molar-refractivity contribution in [2.24, 2.45) is 17.3 Å². The molecule has 1 heterocycles. The van der Waals surface area contributed by atoms with Crippen LogP contribution in [0.4, 0.5) is 0 Å². The Labute approximate surface area is 215 Å². The van der Waals surface area contributed by atoms with Crippen LogP contribution >= 0.6 is 0 Å². The number of nitrogens with zero attached hydrogens (tertiary/aromatic N) is 3. The van der Waals surface area contributed by atoms with E-state index in [1.807, 2.05) is 54.3 Å². The molecule has 1 aromatic heterocycles. The van der Waals surface area contributed by atoms with E-state index < -0.39 is 0 Å². The zero-order valence-electron chi connectivity index (χ0n) is 23.0. The summed E-state index contributed by atoms with van der Waals surface area (Å²) in [6.07, 6.45) is 1.43. The van der Waals surface area contributed by atoms with Gasteiger partial charge >= 0.3 is 0 Å². The number of fused-ring (bicyclic) bond motifs is 1. The van der Waals surface area contributed by atoms with Crippen molar-refractivity contribution in [2.45, 2.75) is 67.3 Å². The van der Waals surface area contributed by atoms with E-state index >= 15 is 0 Å². The third-order valence-corrected chi connectivity index (χ3v) is 6.34. The van der Waals surface area contributed by atoms with Gasteiger partial charge in [-0.1, -0.05) is 53.7 Å². The number of aromatic nitrogens is 2. The summed E-state index contributed by atoms with van der Waals surface area (Å²) in [6, 6.07) is 14.4. The number of carbonyl (C=O) groups excluding carboxylic acids is 1. The second kappa shape index (κ2) is 11.3. The lowest BCUT2D eigenvalue weighted by atomic mass is 9.84. The highest BCUT2D eigenvalue weighted by atomic mass is 16.5. The summed E-state index contributed by atoms with van der Waals surface area (Å²) >= 11 is 0. The van der Waals surface area contributed by atoms with Crippen LogP contribution in [0, 0.1) is 17.3 Å². The summed E-state index contributed by atoms with van der Waals surface area (Å²) in [5.41, 5.74) is 1.33. The average Bonchev–Trinajstić information content (AvgIpc) is 2.80. The van der Waals surface area contributed by atoms with Crippen LogP contribution in [0.2, 0.25) is 0 Å². The Morgan fingerprint density at radius 1 is 1.03 bits per heavy atom. The molecule has 0 radical (unpaired) electrons. The average molecular weight is 492 g/mol. The van der Waals surface area contributed by atoms with Gasteiger partial charge in [0.05, 0.1) is 29.7 Å². The van der Waals surface area contributed by atoms with E-state index in [1.165, 1.54) is 0 Å². The summed E-state index contributed by atoms with van der Waals surface area (Å²) in [6.45, 7) is 15.5. The lowest BCUT2D eigenvalue weighted by molar-refractivity contribution is -0.135. The summed E-state index contributed by atoms with van der Waals surface area (Å²) in [5.74, 6) is 1.89. The first-order valence-electron chi connectivity index (χ1n) is 12.9. The maximum atomic E-state index is 13.7. The van der Waals surface area contributed by atoms with E-state index in [0.29, 0.717) is 41.1 Å². The summed E-state index contributed by atoms with van der Waals surface area (Å²) in [4.78, 5) is 34.3. The highest BCUT2D eigenvalue weighted by molar-refractivity contribution is 5.79. The number of amides is 1. The van der Waals surface area contributed by atoms with Gasteiger partial charge in [0.15, 0.2) is 0 Å². The molecule has 3 rings (SSSR count). The number of ether oxygens (including phenoxy) is 1. The fraction of sp³-hybridized carbons (Fsp3) is 0.500. The van der Waals surface area contributed by atoms with Gasteiger partial charge in [0.25, 0.3) is 5.56 Å². The molecule has 3 aromatic rings. The zero-order valence-corrected chi connectivity index (χ0v) is 23.0. The van der Waals surface area contributed by atoms with Crippen LogP contribution < -0.4 is 10.3 Å². The molecule has 0 saturated carbocycles. The predicted octanol–water partition coefficient (Wildman–Crippen LogP) is 6.40. The van der Waals surface area contributed by atoms with E-state index in [9.17, 15) is 9.59 Å². The molecular formula is C30H41N3O3. The summed E-state index contributed by atoms with van der Waals surface area (Å²) in [5, 5.41) is 0.546. The standard InChI is InChI=1S/C30H41N3O3/c1-20(2)19-32(27(34)17-21(3)18-30(5,6)7)22(4)28-31-26-12-10-9-11-25(26)29(35)33(28)23-13-15-24(36-8)16-14-23/h9-16,20-22H,17-19H2,1-8H3. The largest absolute Gasteiger partial charge is 0.497 e. The third-order valence-electron chi connectivity index (χ3n) is 6.34. The van der Waals surface area contributed by atoms with Crippen LogP contribution in [0.25, 0.3) is 16.6 Å². The van der Waals surface area contributed by atoms with Crippen molar-refractivity contribution >= 4 is 16.8 Å². The van der Waals surface area contributed by atoms with Crippen LogP contribution in [-0.2, 0) is 4.79 Å². The quantitative estimate of drug-likeness (QED) is 0.347. The number of methoxy groups -OCH3 is 1. The maximum Gasteiger partial charge on any atom is 0.266 e. The van der Waals surface area contributed by atoms with Crippen molar-refractivity contribution in [2.75, 3.05) is 13.7 Å². The number of benzene rings is 2. The molecule has 0 saturated heterocycles. The first-order valence-corrected chi connectivity index (χ1v) is 12.9. The Kier molecular flexibility index (Phi) is 8.59. The maximum absolute atomic E-state index is 13.7. The molecule has 6 heteroatoms. The lowest BCUT2D eigenvalue weighted by Crippen LogP contribution is -2.40. The first kappa shape index (κ1) is 27.4. The molecule has 0 bridgehead atoms. The van der Waals surface area contributed by atoms with Gasteiger partial charge in [0.2, 0.25) is 5.91 Å². The van der Waals surface area contributed by atoms with E-state index in [0.717, 1.165) is 6.42 Å². The number of rotatable bonds is 9. The third kappa shape index (κ3) is 6.54. The van der Waals surface area contributed by atoms with Gasteiger partial charge < -0.3 is 9.64 Å². The van der Waals surface area contributed by atoms with Crippen LogP contribution in [0.1, 0.15) is 73.2 Å².